The molecule has 0 atom stereocenters. The molecule has 0 bridgehead atoms. The maximum absolute atomic E-state index is 12.2. The molecule has 0 saturated carbocycles. The van der Waals surface area contributed by atoms with Gasteiger partial charge in [-0.15, -0.1) is 0 Å². The van der Waals surface area contributed by atoms with Gasteiger partial charge in [0, 0.05) is 15.7 Å². The molecule has 2 rings (SSSR count). The minimum Gasteiger partial charge on any atom is -0.494 e. The number of unbranched alkanes of at least 4 members (excludes halogenated alkanes) is 2. The highest BCUT2D eigenvalue weighted by molar-refractivity contribution is 9.10. The number of benzene rings is 2. The van der Waals surface area contributed by atoms with Gasteiger partial charge in [0.2, 0.25) is 0 Å². The summed E-state index contributed by atoms with van der Waals surface area (Å²) in [7, 11) is 0. The summed E-state index contributed by atoms with van der Waals surface area (Å²) in [5.74, 6) is 0.672. The van der Waals surface area contributed by atoms with Crippen LogP contribution >= 0.6 is 15.9 Å². The Hall–Kier alpha value is -1.81. The van der Waals surface area contributed by atoms with Crippen LogP contribution in [0.4, 0.5) is 5.69 Å². The smallest absolute Gasteiger partial charge is 0.255 e. The number of ether oxygens (including phenoxy) is 1. The third-order valence-electron chi connectivity index (χ3n) is 3.22. The van der Waals surface area contributed by atoms with E-state index in [1.165, 1.54) is 12.8 Å². The number of carbonyl (C=O) groups excluding carboxylic acids is 1. The SMILES string of the molecule is CCCCCOc1ccc(C(=O)Nc2cccc(Br)c2)cc1. The second-order valence-electron chi connectivity index (χ2n) is 5.04. The summed E-state index contributed by atoms with van der Waals surface area (Å²) in [6.45, 7) is 2.89. The third-order valence-corrected chi connectivity index (χ3v) is 3.71. The van der Waals surface area contributed by atoms with Gasteiger partial charge in [-0.1, -0.05) is 41.8 Å². The van der Waals surface area contributed by atoms with Crippen LogP contribution in [-0.4, -0.2) is 12.5 Å². The van der Waals surface area contributed by atoms with Crippen LogP contribution < -0.4 is 10.1 Å². The van der Waals surface area contributed by atoms with Gasteiger partial charge in [-0.2, -0.15) is 0 Å². The zero-order chi connectivity index (χ0) is 15.8. The molecule has 2 aromatic carbocycles. The van der Waals surface area contributed by atoms with Crippen molar-refractivity contribution in [2.75, 3.05) is 11.9 Å². The molecule has 0 unspecified atom stereocenters. The van der Waals surface area contributed by atoms with Crippen molar-refractivity contribution in [2.45, 2.75) is 26.2 Å². The van der Waals surface area contributed by atoms with Gasteiger partial charge in [0.25, 0.3) is 5.91 Å². The zero-order valence-electron chi connectivity index (χ0n) is 12.6. The summed E-state index contributed by atoms with van der Waals surface area (Å²) in [6, 6.07) is 14.7. The molecule has 0 aliphatic heterocycles. The Morgan fingerprint density at radius 3 is 2.59 bits per heavy atom. The van der Waals surface area contributed by atoms with Crippen molar-refractivity contribution in [2.24, 2.45) is 0 Å². The fourth-order valence-electron chi connectivity index (χ4n) is 2.01. The number of halogens is 1. The molecule has 116 valence electrons. The van der Waals surface area contributed by atoms with E-state index in [9.17, 15) is 4.79 Å². The average molecular weight is 362 g/mol. The fourth-order valence-corrected chi connectivity index (χ4v) is 2.41. The lowest BCUT2D eigenvalue weighted by atomic mass is 10.2. The van der Waals surface area contributed by atoms with Crippen molar-refractivity contribution >= 4 is 27.5 Å². The van der Waals surface area contributed by atoms with Crippen LogP contribution in [0.3, 0.4) is 0 Å². The molecule has 0 aromatic heterocycles. The number of hydrogen-bond acceptors (Lipinski definition) is 2. The highest BCUT2D eigenvalue weighted by Crippen LogP contribution is 2.18. The molecule has 3 nitrogen and oxygen atoms in total. The van der Waals surface area contributed by atoms with Crippen LogP contribution in [0.1, 0.15) is 36.5 Å². The molecule has 0 heterocycles. The van der Waals surface area contributed by atoms with Crippen LogP contribution in [-0.2, 0) is 0 Å². The summed E-state index contributed by atoms with van der Waals surface area (Å²) in [5.41, 5.74) is 1.38. The summed E-state index contributed by atoms with van der Waals surface area (Å²) in [4.78, 5) is 12.2. The van der Waals surface area contributed by atoms with Crippen molar-refractivity contribution in [3.8, 4) is 5.75 Å². The van der Waals surface area contributed by atoms with Gasteiger partial charge in [0.15, 0.2) is 0 Å². The number of nitrogens with one attached hydrogen (secondary N) is 1. The van der Waals surface area contributed by atoms with E-state index in [4.69, 9.17) is 4.74 Å². The Bertz CT molecular complexity index is 611. The minimum atomic E-state index is -0.129. The van der Waals surface area contributed by atoms with E-state index in [2.05, 4.69) is 28.2 Å². The molecule has 0 aliphatic carbocycles. The molecule has 0 aliphatic rings. The molecule has 2 aromatic rings. The fraction of sp³-hybridized carbons (Fsp3) is 0.278. The van der Waals surface area contributed by atoms with Crippen molar-refractivity contribution in [1.29, 1.82) is 0 Å². The zero-order valence-corrected chi connectivity index (χ0v) is 14.2. The normalized spacial score (nSPS) is 10.3. The van der Waals surface area contributed by atoms with Crippen LogP contribution in [0.15, 0.2) is 53.0 Å². The Kier molecular flexibility index (Phi) is 6.46. The average Bonchev–Trinajstić information content (AvgIpc) is 2.52. The van der Waals surface area contributed by atoms with Gasteiger partial charge in [0.05, 0.1) is 6.61 Å². The molecule has 1 amide bonds. The first kappa shape index (κ1) is 16.6. The van der Waals surface area contributed by atoms with Crippen molar-refractivity contribution in [3.63, 3.8) is 0 Å². The van der Waals surface area contributed by atoms with Crippen molar-refractivity contribution < 1.29 is 9.53 Å². The predicted octanol–water partition coefficient (Wildman–Crippen LogP) is 5.27. The van der Waals surface area contributed by atoms with E-state index in [1.54, 1.807) is 12.1 Å². The van der Waals surface area contributed by atoms with Gasteiger partial charge >= 0.3 is 0 Å². The predicted molar refractivity (Wildman–Crippen MR) is 93.6 cm³/mol. The van der Waals surface area contributed by atoms with E-state index in [1.807, 2.05) is 36.4 Å². The topological polar surface area (TPSA) is 38.3 Å². The highest BCUT2D eigenvalue weighted by atomic mass is 79.9. The number of anilines is 1. The van der Waals surface area contributed by atoms with E-state index < -0.39 is 0 Å². The molecule has 0 radical (unpaired) electrons. The molecule has 22 heavy (non-hydrogen) atoms. The lowest BCUT2D eigenvalue weighted by Gasteiger charge is -2.08. The standard InChI is InChI=1S/C18H20BrNO2/c1-2-3-4-12-22-17-10-8-14(9-11-17)18(21)20-16-7-5-6-15(19)13-16/h5-11,13H,2-4,12H2,1H3,(H,20,21). The molecule has 0 spiro atoms. The lowest BCUT2D eigenvalue weighted by molar-refractivity contribution is 0.102. The maximum atomic E-state index is 12.2. The van der Waals surface area contributed by atoms with Crippen molar-refractivity contribution in [1.82, 2.24) is 0 Å². The minimum absolute atomic E-state index is 0.129. The summed E-state index contributed by atoms with van der Waals surface area (Å²) in [5, 5.41) is 2.87. The first-order chi connectivity index (χ1) is 10.7. The van der Waals surface area contributed by atoms with Gasteiger partial charge in [-0.25, -0.2) is 0 Å². The Morgan fingerprint density at radius 1 is 1.14 bits per heavy atom. The molecule has 1 N–H and O–H groups in total. The summed E-state index contributed by atoms with van der Waals surface area (Å²) >= 11 is 3.39. The first-order valence-corrected chi connectivity index (χ1v) is 8.28. The number of amides is 1. The van der Waals surface area contributed by atoms with E-state index in [-0.39, 0.29) is 5.91 Å². The van der Waals surface area contributed by atoms with Crippen LogP contribution in [0.2, 0.25) is 0 Å². The first-order valence-electron chi connectivity index (χ1n) is 7.49. The second-order valence-corrected chi connectivity index (χ2v) is 5.96. The maximum Gasteiger partial charge on any atom is 0.255 e. The molecule has 4 heteroatoms. The van der Waals surface area contributed by atoms with Gasteiger partial charge in [-0.05, 0) is 48.9 Å². The second kappa shape index (κ2) is 8.59. The molecule has 0 fully saturated rings. The number of hydrogen-bond donors (Lipinski definition) is 1. The van der Waals surface area contributed by atoms with E-state index in [0.717, 1.165) is 28.9 Å². The molecular formula is C18H20BrNO2. The Balaban J connectivity index is 1.90. The largest absolute Gasteiger partial charge is 0.494 e. The number of rotatable bonds is 7. The van der Waals surface area contributed by atoms with Crippen LogP contribution in [0.25, 0.3) is 0 Å². The lowest BCUT2D eigenvalue weighted by Crippen LogP contribution is -2.11. The Morgan fingerprint density at radius 2 is 1.91 bits per heavy atom. The van der Waals surface area contributed by atoms with Crippen LogP contribution in [0.5, 0.6) is 5.75 Å². The third kappa shape index (κ3) is 5.19. The van der Waals surface area contributed by atoms with Gasteiger partial charge in [-0.3, -0.25) is 4.79 Å². The van der Waals surface area contributed by atoms with Gasteiger partial charge < -0.3 is 10.1 Å². The highest BCUT2D eigenvalue weighted by Gasteiger charge is 2.06. The summed E-state index contributed by atoms with van der Waals surface area (Å²) < 4.78 is 6.57. The monoisotopic (exact) mass is 361 g/mol. The molecule has 0 saturated heterocycles. The Labute approximate surface area is 139 Å². The van der Waals surface area contributed by atoms with E-state index >= 15 is 0 Å². The quantitative estimate of drug-likeness (QED) is 0.682. The molecular weight excluding hydrogens is 342 g/mol. The van der Waals surface area contributed by atoms with Gasteiger partial charge in [0.1, 0.15) is 5.75 Å². The van der Waals surface area contributed by atoms with Crippen molar-refractivity contribution in [3.05, 3.63) is 58.6 Å². The van der Waals surface area contributed by atoms with Crippen LogP contribution in [0, 0.1) is 0 Å². The summed E-state index contributed by atoms with van der Waals surface area (Å²) in [6.07, 6.45) is 3.41. The number of carbonyl (C=O) groups is 1. The van der Waals surface area contributed by atoms with E-state index in [0.29, 0.717) is 5.56 Å².